The molecule has 0 spiro atoms. The molecular weight excluding hydrogens is 386 g/mol. The van der Waals surface area contributed by atoms with Gasteiger partial charge in [0, 0.05) is 35.8 Å². The molecule has 1 amide bonds. The van der Waals surface area contributed by atoms with Crippen molar-refractivity contribution in [1.29, 1.82) is 0 Å². The van der Waals surface area contributed by atoms with E-state index in [1.807, 2.05) is 33.9 Å². The topological polar surface area (TPSA) is 74.4 Å². The van der Waals surface area contributed by atoms with Crippen LogP contribution in [0.1, 0.15) is 34.6 Å². The van der Waals surface area contributed by atoms with Gasteiger partial charge in [-0.2, -0.15) is 0 Å². The number of fused-ring (bicyclic) bond motifs is 1. The van der Waals surface area contributed by atoms with Crippen molar-refractivity contribution in [1.82, 2.24) is 19.9 Å². The Morgan fingerprint density at radius 1 is 1.28 bits per heavy atom. The average Bonchev–Trinajstić information content (AvgIpc) is 2.89. The highest BCUT2D eigenvalue weighted by Crippen LogP contribution is 2.33. The lowest BCUT2D eigenvalue weighted by Gasteiger charge is -2.44. The Balaban J connectivity index is 1.85. The van der Waals surface area contributed by atoms with E-state index in [2.05, 4.69) is 42.7 Å². The minimum Gasteiger partial charge on any atom is -0.444 e. The summed E-state index contributed by atoms with van der Waals surface area (Å²) >= 11 is 3.57. The summed E-state index contributed by atoms with van der Waals surface area (Å²) in [5.41, 5.74) is 0.303. The predicted molar refractivity (Wildman–Crippen MR) is 101 cm³/mol. The fraction of sp³-hybridized carbons (Fsp3) is 0.588. The maximum Gasteiger partial charge on any atom is 0.410 e. The summed E-state index contributed by atoms with van der Waals surface area (Å²) in [7, 11) is 0. The monoisotopic (exact) mass is 409 g/mol. The number of nitrogens with one attached hydrogen (secondary N) is 1. The van der Waals surface area contributed by atoms with E-state index in [0.29, 0.717) is 13.1 Å². The number of aromatic amines is 1. The quantitative estimate of drug-likeness (QED) is 0.778. The van der Waals surface area contributed by atoms with Crippen molar-refractivity contribution >= 4 is 38.9 Å². The zero-order chi connectivity index (χ0) is 18.4. The normalized spacial score (nSPS) is 21.7. The van der Waals surface area contributed by atoms with Crippen LogP contribution in [0.15, 0.2) is 17.0 Å². The molecule has 1 saturated heterocycles. The Hall–Kier alpha value is -1.83. The van der Waals surface area contributed by atoms with Gasteiger partial charge in [0.15, 0.2) is 0 Å². The number of ether oxygens (including phenoxy) is 1. The van der Waals surface area contributed by atoms with E-state index in [0.717, 1.165) is 21.3 Å². The molecule has 3 rings (SSSR count). The SMILES string of the molecule is C[C@@H]1CN(c2ncnc3[nH]cc(Br)c23)[C@@H](C)CN1C(=O)OC(C)(C)C. The van der Waals surface area contributed by atoms with Gasteiger partial charge in [-0.3, -0.25) is 0 Å². The summed E-state index contributed by atoms with van der Waals surface area (Å²) in [6, 6.07) is 0.136. The van der Waals surface area contributed by atoms with Crippen molar-refractivity contribution in [2.45, 2.75) is 52.3 Å². The lowest BCUT2D eigenvalue weighted by atomic mass is 10.1. The molecule has 1 fully saturated rings. The van der Waals surface area contributed by atoms with Crippen molar-refractivity contribution in [3.8, 4) is 0 Å². The molecule has 1 aliphatic rings. The highest BCUT2D eigenvalue weighted by atomic mass is 79.9. The van der Waals surface area contributed by atoms with Crippen molar-refractivity contribution in [3.63, 3.8) is 0 Å². The van der Waals surface area contributed by atoms with Crippen LogP contribution < -0.4 is 4.90 Å². The number of hydrogen-bond donors (Lipinski definition) is 1. The van der Waals surface area contributed by atoms with E-state index in [-0.39, 0.29) is 18.2 Å². The lowest BCUT2D eigenvalue weighted by molar-refractivity contribution is 0.0130. The van der Waals surface area contributed by atoms with Gasteiger partial charge in [-0.15, -0.1) is 0 Å². The predicted octanol–water partition coefficient (Wildman–Crippen LogP) is 3.55. The first-order valence-corrected chi connectivity index (χ1v) is 9.20. The minimum atomic E-state index is -0.494. The maximum atomic E-state index is 12.5. The molecule has 0 aromatic carbocycles. The number of carbonyl (C=O) groups is 1. The summed E-state index contributed by atoms with van der Waals surface area (Å²) in [5, 5.41) is 0.965. The average molecular weight is 410 g/mol. The number of anilines is 1. The zero-order valence-electron chi connectivity index (χ0n) is 15.2. The third-order valence-electron chi connectivity index (χ3n) is 4.29. The molecule has 1 N–H and O–H groups in total. The van der Waals surface area contributed by atoms with Crippen LogP contribution in [0.2, 0.25) is 0 Å². The third-order valence-corrected chi connectivity index (χ3v) is 4.91. The second-order valence-corrected chi connectivity index (χ2v) is 8.39. The van der Waals surface area contributed by atoms with Crippen LogP contribution in [0, 0.1) is 0 Å². The van der Waals surface area contributed by atoms with Crippen LogP contribution >= 0.6 is 15.9 Å². The van der Waals surface area contributed by atoms with Crippen LogP contribution in [0.5, 0.6) is 0 Å². The van der Waals surface area contributed by atoms with E-state index in [9.17, 15) is 4.79 Å². The van der Waals surface area contributed by atoms with E-state index in [4.69, 9.17) is 4.74 Å². The summed E-state index contributed by atoms with van der Waals surface area (Å²) in [4.78, 5) is 28.4. The number of piperazine rings is 1. The highest BCUT2D eigenvalue weighted by Gasteiger charge is 2.35. The van der Waals surface area contributed by atoms with E-state index < -0.39 is 5.60 Å². The fourth-order valence-corrected chi connectivity index (χ4v) is 3.60. The van der Waals surface area contributed by atoms with Gasteiger partial charge in [0.2, 0.25) is 0 Å². The largest absolute Gasteiger partial charge is 0.444 e. The van der Waals surface area contributed by atoms with Crippen LogP contribution in [-0.4, -0.2) is 56.7 Å². The molecule has 0 bridgehead atoms. The standard InChI is InChI=1S/C17H24BrN5O2/c1-10-8-23(16(24)25-17(3,4)5)11(2)7-22(10)15-13-12(18)6-19-14(13)20-9-21-15/h6,9-11H,7-8H2,1-5H3,(H,19,20,21)/t10-,11+/m0/s1. The Kier molecular flexibility index (Phi) is 4.66. The van der Waals surface area contributed by atoms with Gasteiger partial charge < -0.3 is 19.5 Å². The number of aromatic nitrogens is 3. The molecule has 0 radical (unpaired) electrons. The Morgan fingerprint density at radius 2 is 2.00 bits per heavy atom. The lowest BCUT2D eigenvalue weighted by Crippen LogP contribution is -2.59. The van der Waals surface area contributed by atoms with E-state index >= 15 is 0 Å². The van der Waals surface area contributed by atoms with Gasteiger partial charge in [0.05, 0.1) is 5.39 Å². The first-order valence-electron chi connectivity index (χ1n) is 8.41. The maximum absolute atomic E-state index is 12.5. The summed E-state index contributed by atoms with van der Waals surface area (Å²) < 4.78 is 6.48. The molecule has 3 heterocycles. The van der Waals surface area contributed by atoms with Gasteiger partial charge in [-0.05, 0) is 50.5 Å². The molecule has 136 valence electrons. The number of amides is 1. The summed E-state index contributed by atoms with van der Waals surface area (Å²) in [5.74, 6) is 0.876. The minimum absolute atomic E-state index is 0.0220. The number of halogens is 1. The molecule has 7 nitrogen and oxygen atoms in total. The molecule has 0 aliphatic carbocycles. The first-order chi connectivity index (χ1) is 11.7. The Bertz CT molecular complexity index is 785. The van der Waals surface area contributed by atoms with Gasteiger partial charge in [0.25, 0.3) is 0 Å². The summed E-state index contributed by atoms with van der Waals surface area (Å²) in [6.07, 6.45) is 3.17. The Labute approximate surface area is 155 Å². The number of H-pyrrole nitrogens is 1. The zero-order valence-corrected chi connectivity index (χ0v) is 16.8. The number of carbonyl (C=O) groups excluding carboxylic acids is 1. The van der Waals surface area contributed by atoms with Crippen LogP contribution in [0.3, 0.4) is 0 Å². The van der Waals surface area contributed by atoms with Gasteiger partial charge in [0.1, 0.15) is 23.4 Å². The number of nitrogens with zero attached hydrogens (tertiary/aromatic N) is 4. The Morgan fingerprint density at radius 3 is 2.68 bits per heavy atom. The van der Waals surface area contributed by atoms with E-state index in [1.54, 1.807) is 11.2 Å². The molecule has 0 unspecified atom stereocenters. The molecule has 1 aliphatic heterocycles. The molecule has 25 heavy (non-hydrogen) atoms. The van der Waals surface area contributed by atoms with Gasteiger partial charge >= 0.3 is 6.09 Å². The van der Waals surface area contributed by atoms with Gasteiger partial charge in [-0.25, -0.2) is 14.8 Å². The molecule has 2 aromatic rings. The van der Waals surface area contributed by atoms with Crippen LogP contribution in [0.25, 0.3) is 11.0 Å². The summed E-state index contributed by atoms with van der Waals surface area (Å²) in [6.45, 7) is 11.1. The molecule has 2 atom stereocenters. The van der Waals surface area contributed by atoms with Crippen molar-refractivity contribution < 1.29 is 9.53 Å². The van der Waals surface area contributed by atoms with Crippen molar-refractivity contribution in [3.05, 3.63) is 17.0 Å². The second-order valence-electron chi connectivity index (χ2n) is 7.54. The molecule has 8 heteroatoms. The molecular formula is C17H24BrN5O2. The van der Waals surface area contributed by atoms with Crippen LogP contribution in [-0.2, 0) is 4.74 Å². The fourth-order valence-electron chi connectivity index (χ4n) is 3.12. The highest BCUT2D eigenvalue weighted by molar-refractivity contribution is 9.10. The van der Waals surface area contributed by atoms with Crippen molar-refractivity contribution in [2.24, 2.45) is 0 Å². The number of hydrogen-bond acceptors (Lipinski definition) is 5. The van der Waals surface area contributed by atoms with Gasteiger partial charge in [-0.1, -0.05) is 0 Å². The number of rotatable bonds is 1. The third kappa shape index (κ3) is 3.58. The van der Waals surface area contributed by atoms with Crippen LogP contribution in [0.4, 0.5) is 10.6 Å². The van der Waals surface area contributed by atoms with E-state index in [1.165, 1.54) is 0 Å². The second kappa shape index (κ2) is 6.48. The first kappa shape index (κ1) is 18.0. The molecule has 0 saturated carbocycles. The smallest absolute Gasteiger partial charge is 0.410 e. The molecule has 2 aromatic heterocycles. The van der Waals surface area contributed by atoms with Crippen molar-refractivity contribution in [2.75, 3.05) is 18.0 Å².